The van der Waals surface area contributed by atoms with E-state index < -0.39 is 9.85 Å². The minimum atomic E-state index is -0.661. The van der Waals surface area contributed by atoms with E-state index >= 15 is 0 Å². The van der Waals surface area contributed by atoms with Crippen molar-refractivity contribution in [3.05, 3.63) is 62.3 Å². The Morgan fingerprint density at radius 2 is 1.90 bits per heavy atom. The predicted octanol–water partition coefficient (Wildman–Crippen LogP) is 2.77. The average Bonchev–Trinajstić information content (AvgIpc) is 2.46. The Hall–Kier alpha value is -2.68. The highest BCUT2D eigenvalue weighted by Crippen LogP contribution is 2.30. The lowest BCUT2D eigenvalue weighted by atomic mass is 10.2. The smallest absolute Gasteiger partial charge is 0.280 e. The maximum Gasteiger partial charge on any atom is 0.280 e. The van der Waals surface area contributed by atoms with E-state index in [1.54, 1.807) is 12.1 Å². The molecule has 0 radical (unpaired) electrons. The van der Waals surface area contributed by atoms with Crippen LogP contribution in [0.1, 0.15) is 5.56 Å². The number of hydrogen-bond donors (Lipinski definition) is 1. The summed E-state index contributed by atoms with van der Waals surface area (Å²) < 4.78 is 0. The van der Waals surface area contributed by atoms with Gasteiger partial charge in [-0.25, -0.2) is 4.98 Å². The van der Waals surface area contributed by atoms with Gasteiger partial charge in [0.15, 0.2) is 0 Å². The number of aromatic nitrogens is 1. The van der Waals surface area contributed by atoms with Gasteiger partial charge >= 0.3 is 0 Å². The molecule has 0 unspecified atom stereocenters. The molecule has 1 aromatic carbocycles. The molecule has 0 aliphatic rings. The second kappa shape index (κ2) is 6.18. The summed E-state index contributed by atoms with van der Waals surface area (Å²) >= 11 is 1.29. The molecule has 2 rings (SSSR count). The molecule has 1 aromatic heterocycles. The standard InChI is InChI=1S/C12H10N4O4S/c13-9-2-4-12(14-6-9)21-7-8-1-3-10(15(17)18)5-11(8)16(19)20/h1-6H,7,13H2. The van der Waals surface area contributed by atoms with Crippen LogP contribution >= 0.6 is 11.8 Å². The average molecular weight is 306 g/mol. The van der Waals surface area contributed by atoms with Gasteiger partial charge in [0.2, 0.25) is 0 Å². The van der Waals surface area contributed by atoms with Crippen LogP contribution in [0.2, 0.25) is 0 Å². The van der Waals surface area contributed by atoms with E-state index in [0.717, 1.165) is 6.07 Å². The van der Waals surface area contributed by atoms with Gasteiger partial charge in [0.1, 0.15) is 0 Å². The summed E-state index contributed by atoms with van der Waals surface area (Å²) in [5, 5.41) is 22.3. The highest BCUT2D eigenvalue weighted by atomic mass is 32.2. The Morgan fingerprint density at radius 3 is 2.48 bits per heavy atom. The normalized spacial score (nSPS) is 10.3. The largest absolute Gasteiger partial charge is 0.397 e. The van der Waals surface area contributed by atoms with Crippen molar-refractivity contribution in [2.24, 2.45) is 0 Å². The number of nitrogens with zero attached hydrogens (tertiary/aromatic N) is 3. The number of pyridine rings is 1. The van der Waals surface area contributed by atoms with E-state index in [-0.39, 0.29) is 17.1 Å². The fourth-order valence-electron chi connectivity index (χ4n) is 1.59. The number of nitrogen functional groups attached to an aromatic ring is 1. The zero-order valence-electron chi connectivity index (χ0n) is 10.6. The highest BCUT2D eigenvalue weighted by molar-refractivity contribution is 7.98. The molecule has 0 aliphatic heterocycles. The molecule has 8 nitrogen and oxygen atoms in total. The molecule has 1 heterocycles. The molecule has 2 N–H and O–H groups in total. The molecule has 9 heteroatoms. The van der Waals surface area contributed by atoms with Gasteiger partial charge in [-0.15, -0.1) is 11.8 Å². The Labute approximate surface area is 123 Å². The maximum atomic E-state index is 11.0. The van der Waals surface area contributed by atoms with Gasteiger partial charge in [0, 0.05) is 17.4 Å². The minimum absolute atomic E-state index is 0.271. The first-order valence-corrected chi connectivity index (χ1v) is 6.72. The van der Waals surface area contributed by atoms with Crippen LogP contribution in [-0.4, -0.2) is 14.8 Å². The van der Waals surface area contributed by atoms with Crippen molar-refractivity contribution < 1.29 is 9.85 Å². The summed E-state index contributed by atoms with van der Waals surface area (Å²) in [7, 11) is 0. The van der Waals surface area contributed by atoms with Gasteiger partial charge in [0.05, 0.1) is 32.8 Å². The van der Waals surface area contributed by atoms with Crippen molar-refractivity contribution >= 4 is 28.8 Å². The Morgan fingerprint density at radius 1 is 1.14 bits per heavy atom. The molecule has 108 valence electrons. The molecule has 0 spiro atoms. The molecule has 0 atom stereocenters. The second-order valence-electron chi connectivity index (χ2n) is 4.05. The van der Waals surface area contributed by atoms with Gasteiger partial charge in [-0.1, -0.05) is 0 Å². The number of benzene rings is 1. The molecule has 0 aliphatic carbocycles. The van der Waals surface area contributed by atoms with Gasteiger partial charge in [-0.05, 0) is 18.2 Å². The third-order valence-electron chi connectivity index (χ3n) is 2.61. The van der Waals surface area contributed by atoms with Crippen molar-refractivity contribution in [1.29, 1.82) is 0 Å². The number of non-ortho nitro benzene ring substituents is 1. The molecule has 0 bridgehead atoms. The van der Waals surface area contributed by atoms with Crippen molar-refractivity contribution in [3.63, 3.8) is 0 Å². The molecule has 0 amide bonds. The van der Waals surface area contributed by atoms with Gasteiger partial charge < -0.3 is 5.73 Å². The topological polar surface area (TPSA) is 125 Å². The molecule has 0 saturated carbocycles. The SMILES string of the molecule is Nc1ccc(SCc2ccc([N+](=O)[O-])cc2[N+](=O)[O-])nc1. The Bertz CT molecular complexity index is 690. The van der Waals surface area contributed by atoms with Crippen molar-refractivity contribution in [3.8, 4) is 0 Å². The fourth-order valence-corrected chi connectivity index (χ4v) is 2.43. The maximum absolute atomic E-state index is 11.0. The summed E-state index contributed by atoms with van der Waals surface area (Å²) in [5.74, 6) is 0.283. The lowest BCUT2D eigenvalue weighted by molar-refractivity contribution is -0.394. The van der Waals surface area contributed by atoms with Crippen LogP contribution in [0.25, 0.3) is 0 Å². The second-order valence-corrected chi connectivity index (χ2v) is 5.04. The number of rotatable bonds is 5. The zero-order chi connectivity index (χ0) is 15.4. The number of nitro groups is 2. The van der Waals surface area contributed by atoms with E-state index in [9.17, 15) is 20.2 Å². The monoisotopic (exact) mass is 306 g/mol. The predicted molar refractivity (Wildman–Crippen MR) is 78.0 cm³/mol. The first kappa shape index (κ1) is 14.7. The van der Waals surface area contributed by atoms with Crippen LogP contribution in [0.4, 0.5) is 17.1 Å². The summed E-state index contributed by atoms with van der Waals surface area (Å²) in [6.45, 7) is 0. The third-order valence-corrected chi connectivity index (χ3v) is 3.60. The Kier molecular flexibility index (Phi) is 4.33. The van der Waals surface area contributed by atoms with E-state index in [4.69, 9.17) is 5.73 Å². The number of anilines is 1. The lowest BCUT2D eigenvalue weighted by Gasteiger charge is -2.03. The number of thioether (sulfide) groups is 1. The van der Waals surface area contributed by atoms with Crippen LogP contribution in [0, 0.1) is 20.2 Å². The number of hydrogen-bond acceptors (Lipinski definition) is 7. The first-order valence-electron chi connectivity index (χ1n) is 5.73. The number of nitro benzene ring substituents is 2. The van der Waals surface area contributed by atoms with Crippen LogP contribution in [-0.2, 0) is 5.75 Å². The Balaban J connectivity index is 2.21. The van der Waals surface area contributed by atoms with Gasteiger partial charge in [-0.3, -0.25) is 20.2 Å². The van der Waals surface area contributed by atoms with Crippen molar-refractivity contribution in [1.82, 2.24) is 4.98 Å². The van der Waals surface area contributed by atoms with Gasteiger partial charge in [0.25, 0.3) is 11.4 Å². The van der Waals surface area contributed by atoms with E-state index in [0.29, 0.717) is 16.3 Å². The third kappa shape index (κ3) is 3.66. The van der Waals surface area contributed by atoms with Crippen molar-refractivity contribution in [2.45, 2.75) is 10.8 Å². The zero-order valence-corrected chi connectivity index (χ0v) is 11.4. The number of nitrogens with two attached hydrogens (primary N) is 1. The molecule has 2 aromatic rings. The highest BCUT2D eigenvalue weighted by Gasteiger charge is 2.19. The minimum Gasteiger partial charge on any atom is -0.397 e. The van der Waals surface area contributed by atoms with Crippen LogP contribution < -0.4 is 5.73 Å². The lowest BCUT2D eigenvalue weighted by Crippen LogP contribution is -1.97. The van der Waals surface area contributed by atoms with Crippen molar-refractivity contribution in [2.75, 3.05) is 5.73 Å². The molecule has 0 fully saturated rings. The summed E-state index contributed by atoms with van der Waals surface area (Å²) in [6.07, 6.45) is 1.49. The first-order chi connectivity index (χ1) is 9.97. The van der Waals surface area contributed by atoms with Gasteiger partial charge in [-0.2, -0.15) is 0 Å². The van der Waals surface area contributed by atoms with Crippen LogP contribution in [0.5, 0.6) is 0 Å². The summed E-state index contributed by atoms with van der Waals surface area (Å²) in [4.78, 5) is 24.4. The summed E-state index contributed by atoms with van der Waals surface area (Å²) in [6, 6.07) is 6.99. The molecule has 21 heavy (non-hydrogen) atoms. The fraction of sp³-hybridized carbons (Fsp3) is 0.0833. The quantitative estimate of drug-likeness (QED) is 0.511. The van der Waals surface area contributed by atoms with E-state index in [1.807, 2.05) is 0 Å². The van der Waals surface area contributed by atoms with E-state index in [2.05, 4.69) is 4.98 Å². The molecular formula is C12H10N4O4S. The molecular weight excluding hydrogens is 296 g/mol. The van der Waals surface area contributed by atoms with E-state index in [1.165, 1.54) is 30.1 Å². The van der Waals surface area contributed by atoms with Crippen LogP contribution in [0.15, 0.2) is 41.6 Å². The summed E-state index contributed by atoms with van der Waals surface area (Å²) in [5.41, 5.74) is 5.87. The molecule has 0 saturated heterocycles. The van der Waals surface area contributed by atoms with Crippen LogP contribution in [0.3, 0.4) is 0 Å².